The number of benzene rings is 2. The van der Waals surface area contributed by atoms with E-state index >= 15 is 0 Å². The van der Waals surface area contributed by atoms with Crippen LogP contribution in [0.2, 0.25) is 5.02 Å². The van der Waals surface area contributed by atoms with Gasteiger partial charge in [0.15, 0.2) is 0 Å². The standard InChI is InChI=1S/C20H20ClFN4OS/c1-24-17(19(27)26-13-7-8-15(22)14(21)9-13)10-16(23)18-11-25-20(28-18)12-5-3-2-4-6-12/h2-9,11,16-17,24H,10,23H2,1H3,(H,26,27). The highest BCUT2D eigenvalue weighted by Crippen LogP contribution is 2.29. The Morgan fingerprint density at radius 3 is 2.71 bits per heavy atom. The average Bonchev–Trinajstić information content (AvgIpc) is 3.20. The molecule has 146 valence electrons. The first-order chi connectivity index (χ1) is 13.5. The molecular formula is C20H20ClFN4OS. The van der Waals surface area contributed by atoms with E-state index in [4.69, 9.17) is 17.3 Å². The molecule has 8 heteroatoms. The van der Waals surface area contributed by atoms with Crippen molar-refractivity contribution in [2.24, 2.45) is 5.73 Å². The van der Waals surface area contributed by atoms with Gasteiger partial charge in [-0.1, -0.05) is 41.9 Å². The van der Waals surface area contributed by atoms with Gasteiger partial charge in [-0.2, -0.15) is 0 Å². The van der Waals surface area contributed by atoms with Gasteiger partial charge in [-0.3, -0.25) is 4.79 Å². The zero-order valence-corrected chi connectivity index (χ0v) is 16.7. The van der Waals surface area contributed by atoms with Crippen molar-refractivity contribution in [2.45, 2.75) is 18.5 Å². The molecule has 0 saturated carbocycles. The summed E-state index contributed by atoms with van der Waals surface area (Å²) < 4.78 is 13.3. The van der Waals surface area contributed by atoms with Gasteiger partial charge in [-0.15, -0.1) is 11.3 Å². The van der Waals surface area contributed by atoms with Crippen molar-refractivity contribution in [1.29, 1.82) is 0 Å². The minimum Gasteiger partial charge on any atom is -0.325 e. The van der Waals surface area contributed by atoms with E-state index in [2.05, 4.69) is 15.6 Å². The van der Waals surface area contributed by atoms with Crippen LogP contribution in [-0.2, 0) is 4.79 Å². The van der Waals surface area contributed by atoms with E-state index in [-0.39, 0.29) is 17.0 Å². The zero-order valence-electron chi connectivity index (χ0n) is 15.2. The molecule has 2 atom stereocenters. The molecule has 0 bridgehead atoms. The fourth-order valence-electron chi connectivity index (χ4n) is 2.70. The highest BCUT2D eigenvalue weighted by molar-refractivity contribution is 7.15. The van der Waals surface area contributed by atoms with E-state index < -0.39 is 11.9 Å². The minimum absolute atomic E-state index is 0.0476. The Kier molecular flexibility index (Phi) is 6.74. The van der Waals surface area contributed by atoms with Crippen LogP contribution >= 0.6 is 22.9 Å². The van der Waals surface area contributed by atoms with Crippen LogP contribution in [0.15, 0.2) is 54.7 Å². The summed E-state index contributed by atoms with van der Waals surface area (Å²) >= 11 is 7.27. The van der Waals surface area contributed by atoms with E-state index in [1.807, 2.05) is 30.3 Å². The van der Waals surface area contributed by atoms with Crippen LogP contribution in [0.5, 0.6) is 0 Å². The number of nitrogens with one attached hydrogen (secondary N) is 2. The number of thiazole rings is 1. The normalized spacial score (nSPS) is 13.1. The Morgan fingerprint density at radius 2 is 2.04 bits per heavy atom. The van der Waals surface area contributed by atoms with E-state index in [0.717, 1.165) is 15.4 Å². The van der Waals surface area contributed by atoms with E-state index in [9.17, 15) is 9.18 Å². The Labute approximate surface area is 171 Å². The Balaban J connectivity index is 1.65. The van der Waals surface area contributed by atoms with Gasteiger partial charge in [0.2, 0.25) is 5.91 Å². The number of likely N-dealkylation sites (N-methyl/N-ethyl adjacent to an activating group) is 1. The highest BCUT2D eigenvalue weighted by atomic mass is 35.5. The molecule has 1 heterocycles. The second-order valence-corrected chi connectivity index (χ2v) is 7.70. The number of hydrogen-bond acceptors (Lipinski definition) is 5. The summed E-state index contributed by atoms with van der Waals surface area (Å²) in [5.41, 5.74) is 7.77. The van der Waals surface area contributed by atoms with Gasteiger partial charge >= 0.3 is 0 Å². The summed E-state index contributed by atoms with van der Waals surface area (Å²) in [7, 11) is 1.69. The molecule has 3 rings (SSSR count). The van der Waals surface area contributed by atoms with Crippen molar-refractivity contribution in [3.8, 4) is 10.6 Å². The smallest absolute Gasteiger partial charge is 0.241 e. The number of nitrogens with two attached hydrogens (primary N) is 1. The van der Waals surface area contributed by atoms with Crippen molar-refractivity contribution in [3.05, 3.63) is 70.4 Å². The summed E-state index contributed by atoms with van der Waals surface area (Å²) in [6.07, 6.45) is 2.13. The molecule has 0 aliphatic rings. The number of halogens is 2. The predicted molar refractivity (Wildman–Crippen MR) is 112 cm³/mol. The zero-order chi connectivity index (χ0) is 20.1. The molecule has 2 aromatic carbocycles. The minimum atomic E-state index is -0.536. The first-order valence-electron chi connectivity index (χ1n) is 8.68. The van der Waals surface area contributed by atoms with E-state index in [1.54, 1.807) is 13.2 Å². The molecular weight excluding hydrogens is 399 g/mol. The van der Waals surface area contributed by atoms with Crippen LogP contribution < -0.4 is 16.4 Å². The third kappa shape index (κ3) is 4.94. The number of amides is 1. The van der Waals surface area contributed by atoms with Crippen LogP contribution in [0.1, 0.15) is 17.3 Å². The quantitative estimate of drug-likeness (QED) is 0.536. The van der Waals surface area contributed by atoms with E-state index in [1.165, 1.54) is 29.5 Å². The molecule has 28 heavy (non-hydrogen) atoms. The summed E-state index contributed by atoms with van der Waals surface area (Å²) in [6.45, 7) is 0. The topological polar surface area (TPSA) is 80.0 Å². The van der Waals surface area contributed by atoms with Crippen LogP contribution in [0.4, 0.5) is 10.1 Å². The van der Waals surface area contributed by atoms with Crippen LogP contribution in [-0.4, -0.2) is 24.0 Å². The van der Waals surface area contributed by atoms with Crippen molar-refractivity contribution in [2.75, 3.05) is 12.4 Å². The van der Waals surface area contributed by atoms with Gasteiger partial charge in [-0.25, -0.2) is 9.37 Å². The lowest BCUT2D eigenvalue weighted by Crippen LogP contribution is -2.40. The molecule has 4 N–H and O–H groups in total. The molecule has 0 aliphatic heterocycles. The number of hydrogen-bond donors (Lipinski definition) is 3. The predicted octanol–water partition coefficient (Wildman–Crippen LogP) is 4.22. The van der Waals surface area contributed by atoms with E-state index in [0.29, 0.717) is 12.1 Å². The number of nitrogens with zero attached hydrogens (tertiary/aromatic N) is 1. The van der Waals surface area contributed by atoms with Gasteiger partial charge in [0, 0.05) is 28.4 Å². The van der Waals surface area contributed by atoms with Crippen LogP contribution in [0.3, 0.4) is 0 Å². The second-order valence-electron chi connectivity index (χ2n) is 6.24. The summed E-state index contributed by atoms with van der Waals surface area (Å²) in [5, 5.41) is 6.54. The maximum Gasteiger partial charge on any atom is 0.241 e. The molecule has 3 aromatic rings. The molecule has 1 aromatic heterocycles. The Bertz CT molecular complexity index is 950. The molecule has 0 saturated heterocycles. The third-order valence-electron chi connectivity index (χ3n) is 4.25. The third-order valence-corrected chi connectivity index (χ3v) is 5.72. The number of aromatic nitrogens is 1. The van der Waals surface area contributed by atoms with Crippen molar-refractivity contribution >= 4 is 34.5 Å². The summed E-state index contributed by atoms with van der Waals surface area (Å²) in [6, 6.07) is 13.0. The van der Waals surface area contributed by atoms with Gasteiger partial charge in [0.25, 0.3) is 0 Å². The molecule has 2 unspecified atom stereocenters. The van der Waals surface area contributed by atoms with Gasteiger partial charge in [0.1, 0.15) is 10.8 Å². The summed E-state index contributed by atoms with van der Waals surface area (Å²) in [4.78, 5) is 17.9. The van der Waals surface area contributed by atoms with Crippen LogP contribution in [0.25, 0.3) is 10.6 Å². The maximum atomic E-state index is 13.3. The molecule has 0 fully saturated rings. The lowest BCUT2D eigenvalue weighted by molar-refractivity contribution is -0.118. The molecule has 0 aliphatic carbocycles. The maximum absolute atomic E-state index is 13.3. The number of carbonyl (C=O) groups is 1. The van der Waals surface area contributed by atoms with Crippen molar-refractivity contribution < 1.29 is 9.18 Å². The highest BCUT2D eigenvalue weighted by Gasteiger charge is 2.22. The Hall–Kier alpha value is -2.32. The number of carbonyl (C=O) groups excluding carboxylic acids is 1. The number of rotatable bonds is 7. The first-order valence-corrected chi connectivity index (χ1v) is 9.87. The average molecular weight is 419 g/mol. The fraction of sp³-hybridized carbons (Fsp3) is 0.200. The molecule has 1 amide bonds. The largest absolute Gasteiger partial charge is 0.325 e. The second kappa shape index (κ2) is 9.25. The molecule has 0 radical (unpaired) electrons. The monoisotopic (exact) mass is 418 g/mol. The lowest BCUT2D eigenvalue weighted by atomic mass is 10.1. The van der Waals surface area contributed by atoms with Gasteiger partial charge in [0.05, 0.1) is 11.1 Å². The SMILES string of the molecule is CNC(CC(N)c1cnc(-c2ccccc2)s1)C(=O)Nc1ccc(F)c(Cl)c1. The van der Waals surface area contributed by atoms with Gasteiger partial charge in [-0.05, 0) is 31.7 Å². The van der Waals surface area contributed by atoms with Crippen molar-refractivity contribution in [1.82, 2.24) is 10.3 Å². The lowest BCUT2D eigenvalue weighted by Gasteiger charge is -2.19. The summed E-state index contributed by atoms with van der Waals surface area (Å²) in [5.74, 6) is -0.806. The number of anilines is 1. The fourth-order valence-corrected chi connectivity index (χ4v) is 3.82. The molecule has 0 spiro atoms. The Morgan fingerprint density at radius 1 is 1.29 bits per heavy atom. The van der Waals surface area contributed by atoms with Gasteiger partial charge < -0.3 is 16.4 Å². The van der Waals surface area contributed by atoms with Crippen LogP contribution in [0, 0.1) is 5.82 Å². The van der Waals surface area contributed by atoms with Crippen molar-refractivity contribution in [3.63, 3.8) is 0 Å². The molecule has 5 nitrogen and oxygen atoms in total. The first kappa shape index (κ1) is 20.4.